The number of H-pyrrole nitrogens is 1. The summed E-state index contributed by atoms with van der Waals surface area (Å²) in [5, 5.41) is 3.10. The Hall–Kier alpha value is -3.87. The third-order valence-corrected chi connectivity index (χ3v) is 4.50. The Morgan fingerprint density at radius 2 is 1.90 bits per heavy atom. The molecule has 0 fully saturated rings. The molecule has 1 heterocycles. The van der Waals surface area contributed by atoms with Gasteiger partial charge in [-0.15, -0.1) is 0 Å². The molecule has 0 radical (unpaired) electrons. The minimum absolute atomic E-state index is 0.0197. The quantitative estimate of drug-likeness (QED) is 0.423. The Bertz CT molecular complexity index is 1140. The number of esters is 1. The normalized spacial score (nSPS) is 10.9. The number of carbonyl (C=O) groups excluding carboxylic acids is 2. The Kier molecular flexibility index (Phi) is 7.59. The minimum Gasteiger partial charge on any atom is -0.462 e. The van der Waals surface area contributed by atoms with Crippen LogP contribution in [0.3, 0.4) is 0 Å². The zero-order valence-electron chi connectivity index (χ0n) is 17.2. The number of carbonyl (C=O) groups is 2. The minimum atomic E-state index is -0.642. The van der Waals surface area contributed by atoms with E-state index < -0.39 is 12.1 Å². The van der Waals surface area contributed by atoms with Gasteiger partial charge in [0.15, 0.2) is 0 Å². The van der Waals surface area contributed by atoms with Crippen molar-refractivity contribution in [2.45, 2.75) is 20.0 Å². The highest BCUT2D eigenvalue weighted by molar-refractivity contribution is 5.93. The second-order valence-electron chi connectivity index (χ2n) is 6.74. The molecule has 2 aromatic carbocycles. The molecule has 0 atom stereocenters. The lowest BCUT2D eigenvalue weighted by molar-refractivity contribution is 0.0524. The second kappa shape index (κ2) is 10.8. The van der Waals surface area contributed by atoms with Gasteiger partial charge in [-0.3, -0.25) is 4.79 Å². The van der Waals surface area contributed by atoms with Crippen LogP contribution in [0.4, 0.5) is 4.79 Å². The first-order chi connectivity index (χ1) is 15.1. The smallest absolute Gasteiger partial charge is 0.407 e. The van der Waals surface area contributed by atoms with Gasteiger partial charge in [-0.25, -0.2) is 9.59 Å². The molecular formula is C24H24N2O5. The number of aromatic nitrogens is 1. The number of aromatic amines is 1. The molecule has 31 heavy (non-hydrogen) atoms. The number of hydrogen-bond donors (Lipinski definition) is 2. The zero-order valence-corrected chi connectivity index (χ0v) is 17.2. The molecular weight excluding hydrogens is 396 g/mol. The van der Waals surface area contributed by atoms with Crippen molar-refractivity contribution in [2.75, 3.05) is 13.2 Å². The number of fused-ring (bicyclic) bond motifs is 1. The number of hydrogen-bond acceptors (Lipinski definition) is 5. The van der Waals surface area contributed by atoms with Crippen LogP contribution >= 0.6 is 0 Å². The number of amides is 1. The van der Waals surface area contributed by atoms with E-state index in [4.69, 9.17) is 9.47 Å². The summed E-state index contributed by atoms with van der Waals surface area (Å²) < 4.78 is 10.1. The van der Waals surface area contributed by atoms with Gasteiger partial charge in [0.25, 0.3) is 0 Å². The molecule has 3 rings (SSSR count). The molecule has 0 aliphatic carbocycles. The lowest BCUT2D eigenvalue weighted by Gasteiger charge is -2.06. The molecule has 2 N–H and O–H groups in total. The van der Waals surface area contributed by atoms with E-state index in [-0.39, 0.29) is 24.2 Å². The SMILES string of the molecule is CCOC(=O)c1c[nH]c2ccc(C=CCCNC(=O)OCc3ccccc3)cc2c1=O. The monoisotopic (exact) mass is 420 g/mol. The maximum Gasteiger partial charge on any atom is 0.407 e. The predicted molar refractivity (Wildman–Crippen MR) is 119 cm³/mol. The van der Waals surface area contributed by atoms with Gasteiger partial charge in [0.1, 0.15) is 12.2 Å². The Labute approximate surface area is 179 Å². The van der Waals surface area contributed by atoms with E-state index in [2.05, 4.69) is 10.3 Å². The van der Waals surface area contributed by atoms with Gasteiger partial charge in [0.05, 0.1) is 6.61 Å². The fraction of sp³-hybridized carbons (Fsp3) is 0.208. The lowest BCUT2D eigenvalue weighted by atomic mass is 10.1. The fourth-order valence-corrected chi connectivity index (χ4v) is 2.95. The summed E-state index contributed by atoms with van der Waals surface area (Å²) in [5.41, 5.74) is 1.98. The van der Waals surface area contributed by atoms with Gasteiger partial charge < -0.3 is 19.8 Å². The van der Waals surface area contributed by atoms with Gasteiger partial charge in [0.2, 0.25) is 5.43 Å². The van der Waals surface area contributed by atoms with Gasteiger partial charge >= 0.3 is 12.1 Å². The summed E-state index contributed by atoms with van der Waals surface area (Å²) in [7, 11) is 0. The molecule has 0 unspecified atom stereocenters. The van der Waals surface area contributed by atoms with Crippen LogP contribution in [0.5, 0.6) is 0 Å². The summed E-state index contributed by atoms with van der Waals surface area (Å²) in [6.45, 7) is 2.54. The molecule has 1 aromatic heterocycles. The van der Waals surface area contributed by atoms with Crippen molar-refractivity contribution in [1.29, 1.82) is 0 Å². The average Bonchev–Trinajstić information content (AvgIpc) is 2.79. The van der Waals surface area contributed by atoms with Crippen LogP contribution in [-0.4, -0.2) is 30.2 Å². The van der Waals surface area contributed by atoms with Crippen molar-refractivity contribution in [3.05, 3.63) is 87.7 Å². The summed E-state index contributed by atoms with van der Waals surface area (Å²) in [5.74, 6) is -0.642. The molecule has 0 saturated carbocycles. The van der Waals surface area contributed by atoms with E-state index in [1.165, 1.54) is 6.20 Å². The molecule has 160 valence electrons. The Morgan fingerprint density at radius 1 is 1.10 bits per heavy atom. The van der Waals surface area contributed by atoms with Crippen LogP contribution < -0.4 is 10.7 Å². The lowest BCUT2D eigenvalue weighted by Crippen LogP contribution is -2.24. The highest BCUT2D eigenvalue weighted by Gasteiger charge is 2.13. The number of nitrogens with one attached hydrogen (secondary N) is 2. The second-order valence-corrected chi connectivity index (χ2v) is 6.74. The highest BCUT2D eigenvalue weighted by Crippen LogP contribution is 2.13. The van der Waals surface area contributed by atoms with Crippen LogP contribution in [0.15, 0.2) is 65.6 Å². The molecule has 0 spiro atoms. The van der Waals surface area contributed by atoms with Crippen LogP contribution in [0.2, 0.25) is 0 Å². The third-order valence-electron chi connectivity index (χ3n) is 4.50. The molecule has 0 aliphatic rings. The number of rotatable bonds is 8. The molecule has 0 aliphatic heterocycles. The standard InChI is InChI=1S/C24H24N2O5/c1-2-30-23(28)20-15-26-21-12-11-17(14-19(21)22(20)27)8-6-7-13-25-24(29)31-16-18-9-4-3-5-10-18/h3-6,8-12,14-15H,2,7,13,16H2,1H3,(H,25,29)(H,26,27). The van der Waals surface area contributed by atoms with Crippen LogP contribution in [0, 0.1) is 0 Å². The van der Waals surface area contributed by atoms with E-state index in [1.54, 1.807) is 19.1 Å². The maximum atomic E-state index is 12.6. The summed E-state index contributed by atoms with van der Waals surface area (Å²) >= 11 is 0. The van der Waals surface area contributed by atoms with Gasteiger partial charge in [-0.2, -0.15) is 0 Å². The first-order valence-electron chi connectivity index (χ1n) is 10.0. The van der Waals surface area contributed by atoms with Crippen molar-refractivity contribution in [3.8, 4) is 0 Å². The Morgan fingerprint density at radius 3 is 2.68 bits per heavy atom. The van der Waals surface area contributed by atoms with Crippen LogP contribution in [-0.2, 0) is 16.1 Å². The fourth-order valence-electron chi connectivity index (χ4n) is 2.95. The summed E-state index contributed by atoms with van der Waals surface area (Å²) in [4.78, 5) is 39.2. The van der Waals surface area contributed by atoms with Gasteiger partial charge in [0, 0.05) is 23.6 Å². The predicted octanol–water partition coefficient (Wildman–Crippen LogP) is 4.03. The van der Waals surface area contributed by atoms with Crippen molar-refractivity contribution < 1.29 is 19.1 Å². The van der Waals surface area contributed by atoms with Crippen LogP contribution in [0.25, 0.3) is 17.0 Å². The molecule has 7 nitrogen and oxygen atoms in total. The van der Waals surface area contributed by atoms with Crippen molar-refractivity contribution in [2.24, 2.45) is 0 Å². The molecule has 7 heteroatoms. The number of alkyl carbamates (subject to hydrolysis) is 1. The number of ether oxygens (including phenoxy) is 2. The largest absolute Gasteiger partial charge is 0.462 e. The first-order valence-corrected chi connectivity index (χ1v) is 10.0. The van der Waals surface area contributed by atoms with Gasteiger partial charge in [-0.05, 0) is 36.6 Å². The van der Waals surface area contributed by atoms with E-state index in [9.17, 15) is 14.4 Å². The van der Waals surface area contributed by atoms with Crippen molar-refractivity contribution >= 4 is 29.0 Å². The summed E-state index contributed by atoms with van der Waals surface area (Å²) in [6.07, 6.45) is 5.24. The van der Waals surface area contributed by atoms with E-state index in [0.29, 0.717) is 23.9 Å². The zero-order chi connectivity index (χ0) is 22.1. The molecule has 1 amide bonds. The van der Waals surface area contributed by atoms with Crippen molar-refractivity contribution in [3.63, 3.8) is 0 Å². The maximum absolute atomic E-state index is 12.6. The summed E-state index contributed by atoms with van der Waals surface area (Å²) in [6, 6.07) is 14.8. The highest BCUT2D eigenvalue weighted by atomic mass is 16.5. The Balaban J connectivity index is 1.54. The molecule has 0 bridgehead atoms. The third kappa shape index (κ3) is 6.05. The van der Waals surface area contributed by atoms with Gasteiger partial charge in [-0.1, -0.05) is 48.6 Å². The molecule has 0 saturated heterocycles. The van der Waals surface area contributed by atoms with Crippen molar-refractivity contribution in [1.82, 2.24) is 10.3 Å². The van der Waals surface area contributed by atoms with E-state index in [1.807, 2.05) is 48.6 Å². The molecule has 3 aromatic rings. The topological polar surface area (TPSA) is 97.5 Å². The van der Waals surface area contributed by atoms with Crippen LogP contribution in [0.1, 0.15) is 34.8 Å². The number of pyridine rings is 1. The van der Waals surface area contributed by atoms with E-state index in [0.717, 1.165) is 11.1 Å². The van der Waals surface area contributed by atoms with E-state index >= 15 is 0 Å². The first kappa shape index (κ1) is 21.8. The number of benzene rings is 2. The average molecular weight is 420 g/mol.